The van der Waals surface area contributed by atoms with Crippen molar-refractivity contribution < 1.29 is 24.0 Å². The van der Waals surface area contributed by atoms with Crippen LogP contribution in [-0.4, -0.2) is 6.16 Å². The van der Waals surface area contributed by atoms with Crippen molar-refractivity contribution in [2.75, 3.05) is 6.16 Å². The van der Waals surface area contributed by atoms with E-state index < -0.39 is 7.26 Å². The molecule has 25 heavy (non-hydrogen) atoms. The fourth-order valence-electron chi connectivity index (χ4n) is 3.14. The van der Waals surface area contributed by atoms with E-state index in [4.69, 9.17) is 34.8 Å². The first-order chi connectivity index (χ1) is 11.6. The second-order valence-electron chi connectivity index (χ2n) is 5.57. The lowest BCUT2D eigenvalue weighted by atomic mass is 10.3. The Balaban J connectivity index is 0.00000225. The van der Waals surface area contributed by atoms with Gasteiger partial charge in [0.15, 0.2) is 0 Å². The number of rotatable bonds is 4. The van der Waals surface area contributed by atoms with E-state index in [9.17, 15) is 0 Å². The molecule has 0 nitrogen and oxygen atoms in total. The molecular weight excluding hydrogens is 504 g/mol. The van der Waals surface area contributed by atoms with Gasteiger partial charge in [0, 0.05) is 15.1 Å². The zero-order valence-corrected chi connectivity index (χ0v) is 18.9. The molecule has 3 aromatic rings. The number of halogens is 4. The lowest BCUT2D eigenvalue weighted by Gasteiger charge is -2.26. The van der Waals surface area contributed by atoms with E-state index in [2.05, 4.69) is 43.3 Å². The first-order valence-electron chi connectivity index (χ1n) is 7.73. The lowest BCUT2D eigenvalue weighted by Crippen LogP contribution is -3.00. The van der Waals surface area contributed by atoms with Crippen molar-refractivity contribution in [2.45, 2.75) is 6.92 Å². The Morgan fingerprint density at radius 2 is 0.960 bits per heavy atom. The van der Waals surface area contributed by atoms with Crippen molar-refractivity contribution in [3.63, 3.8) is 0 Å². The SMILES string of the molecule is CC[P+](c1cccc(Cl)c1)(c1cccc(Cl)c1)c1cccc(Cl)c1.[I-]. The molecule has 5 heteroatoms. The van der Waals surface area contributed by atoms with Crippen molar-refractivity contribution in [2.24, 2.45) is 0 Å². The largest absolute Gasteiger partial charge is 1.00 e. The van der Waals surface area contributed by atoms with E-state index in [1.807, 2.05) is 36.4 Å². The Kier molecular flexibility index (Phi) is 7.61. The van der Waals surface area contributed by atoms with Gasteiger partial charge in [-0.2, -0.15) is 0 Å². The summed E-state index contributed by atoms with van der Waals surface area (Å²) >= 11 is 18.9. The molecule has 0 saturated carbocycles. The third-order valence-electron chi connectivity index (χ3n) is 4.22. The van der Waals surface area contributed by atoms with Gasteiger partial charge < -0.3 is 24.0 Å². The van der Waals surface area contributed by atoms with Gasteiger partial charge in [0.2, 0.25) is 0 Å². The highest BCUT2D eigenvalue weighted by Crippen LogP contribution is 2.55. The molecule has 3 rings (SSSR count). The Hall–Kier alpha value is -0.310. The van der Waals surface area contributed by atoms with Crippen molar-refractivity contribution in [1.82, 2.24) is 0 Å². The van der Waals surface area contributed by atoms with Crippen LogP contribution in [-0.2, 0) is 0 Å². The molecule has 0 amide bonds. The van der Waals surface area contributed by atoms with Gasteiger partial charge in [0.1, 0.15) is 23.2 Å². The summed E-state index contributed by atoms with van der Waals surface area (Å²) in [5.74, 6) is 0. The summed E-state index contributed by atoms with van der Waals surface area (Å²) in [6, 6.07) is 24.4. The maximum absolute atomic E-state index is 6.31. The van der Waals surface area contributed by atoms with Gasteiger partial charge in [-0.1, -0.05) is 53.0 Å². The predicted octanol–water partition coefficient (Wildman–Crippen LogP) is 2.96. The first-order valence-corrected chi connectivity index (χ1v) is 10.8. The van der Waals surface area contributed by atoms with E-state index in [-0.39, 0.29) is 24.0 Å². The molecule has 0 aliphatic heterocycles. The van der Waals surface area contributed by atoms with Crippen molar-refractivity contribution >= 4 is 58.0 Å². The van der Waals surface area contributed by atoms with Crippen LogP contribution in [0, 0.1) is 0 Å². The summed E-state index contributed by atoms with van der Waals surface area (Å²) in [6.07, 6.45) is 0.966. The first kappa shape index (κ1) is 21.0. The van der Waals surface area contributed by atoms with Gasteiger partial charge in [0.05, 0.1) is 6.16 Å². The monoisotopic (exact) mass is 520 g/mol. The van der Waals surface area contributed by atoms with E-state index in [1.54, 1.807) is 0 Å². The zero-order chi connectivity index (χ0) is 17.2. The maximum Gasteiger partial charge on any atom is 0.112 e. The lowest BCUT2D eigenvalue weighted by molar-refractivity contribution is -0.00000443. The molecule has 0 N–H and O–H groups in total. The van der Waals surface area contributed by atoms with Crippen LogP contribution in [0.1, 0.15) is 6.92 Å². The number of benzene rings is 3. The van der Waals surface area contributed by atoms with E-state index >= 15 is 0 Å². The second-order valence-corrected chi connectivity index (χ2v) is 10.7. The highest BCUT2D eigenvalue weighted by atomic mass is 127. The molecule has 0 spiro atoms. The van der Waals surface area contributed by atoms with Crippen LogP contribution in [0.3, 0.4) is 0 Å². The Labute approximate surface area is 181 Å². The van der Waals surface area contributed by atoms with Gasteiger partial charge in [-0.25, -0.2) is 0 Å². The van der Waals surface area contributed by atoms with Gasteiger partial charge in [-0.3, -0.25) is 0 Å². The predicted molar refractivity (Wildman–Crippen MR) is 111 cm³/mol. The molecule has 0 radical (unpaired) electrons. The fourth-order valence-corrected chi connectivity index (χ4v) is 8.02. The molecular formula is C20H17Cl3IP. The van der Waals surface area contributed by atoms with Crippen molar-refractivity contribution in [3.05, 3.63) is 87.9 Å². The van der Waals surface area contributed by atoms with Crippen LogP contribution in [0.2, 0.25) is 15.1 Å². The summed E-state index contributed by atoms with van der Waals surface area (Å²) in [4.78, 5) is 0. The minimum Gasteiger partial charge on any atom is -1.00 e. The molecule has 0 fully saturated rings. The quantitative estimate of drug-likeness (QED) is 0.366. The van der Waals surface area contributed by atoms with Gasteiger partial charge in [-0.15, -0.1) is 0 Å². The summed E-state index contributed by atoms with van der Waals surface area (Å²) in [5.41, 5.74) is 0. The van der Waals surface area contributed by atoms with Crippen molar-refractivity contribution in [1.29, 1.82) is 0 Å². The highest BCUT2D eigenvalue weighted by molar-refractivity contribution is 7.95. The molecule has 130 valence electrons. The minimum absolute atomic E-state index is 0. The van der Waals surface area contributed by atoms with Crippen LogP contribution in [0.4, 0.5) is 0 Å². The molecule has 0 heterocycles. The normalized spacial score (nSPS) is 11.0. The average molecular weight is 522 g/mol. The molecule has 0 unspecified atom stereocenters. The maximum atomic E-state index is 6.31. The minimum atomic E-state index is -1.87. The molecule has 3 aromatic carbocycles. The van der Waals surface area contributed by atoms with Gasteiger partial charge >= 0.3 is 0 Å². The van der Waals surface area contributed by atoms with E-state index in [0.717, 1.165) is 21.2 Å². The standard InChI is InChI=1S/C20H17Cl3P.HI/c1-2-24(18-9-3-6-15(21)12-18,19-10-4-7-16(22)13-19)20-11-5-8-17(23)14-20;/h3-14H,2H2,1H3;1H/q+1;/p-1. The van der Waals surface area contributed by atoms with Crippen LogP contribution in [0.5, 0.6) is 0 Å². The highest BCUT2D eigenvalue weighted by Gasteiger charge is 2.44. The summed E-state index contributed by atoms with van der Waals surface area (Å²) in [5, 5.41) is 5.95. The number of hydrogen-bond donors (Lipinski definition) is 0. The topological polar surface area (TPSA) is 0 Å². The summed E-state index contributed by atoms with van der Waals surface area (Å²) in [6.45, 7) is 2.22. The smallest absolute Gasteiger partial charge is 0.112 e. The van der Waals surface area contributed by atoms with Crippen molar-refractivity contribution in [3.8, 4) is 0 Å². The van der Waals surface area contributed by atoms with Gasteiger partial charge in [-0.05, 0) is 61.5 Å². The average Bonchev–Trinajstić information content (AvgIpc) is 2.56. The van der Waals surface area contributed by atoms with Crippen LogP contribution in [0.25, 0.3) is 0 Å². The molecule has 0 bridgehead atoms. The molecule has 0 aromatic heterocycles. The van der Waals surface area contributed by atoms with E-state index in [0.29, 0.717) is 0 Å². The Morgan fingerprint density at radius 3 is 1.20 bits per heavy atom. The molecule has 0 atom stereocenters. The van der Waals surface area contributed by atoms with E-state index in [1.165, 1.54) is 15.9 Å². The van der Waals surface area contributed by atoms with Crippen LogP contribution >= 0.6 is 42.1 Å². The molecule has 0 aliphatic carbocycles. The second kappa shape index (κ2) is 9.06. The van der Waals surface area contributed by atoms with Crippen LogP contribution < -0.4 is 39.9 Å². The van der Waals surface area contributed by atoms with Crippen LogP contribution in [0.15, 0.2) is 72.8 Å². The molecule has 0 saturated heterocycles. The fraction of sp³-hybridized carbons (Fsp3) is 0.100. The van der Waals surface area contributed by atoms with Gasteiger partial charge in [0.25, 0.3) is 0 Å². The molecule has 0 aliphatic rings. The summed E-state index contributed by atoms with van der Waals surface area (Å²) < 4.78 is 0. The number of hydrogen-bond acceptors (Lipinski definition) is 0. The third kappa shape index (κ3) is 4.34. The summed E-state index contributed by atoms with van der Waals surface area (Å²) in [7, 11) is -1.87. The zero-order valence-electron chi connectivity index (χ0n) is 13.6. The third-order valence-corrected chi connectivity index (χ3v) is 9.35. The Morgan fingerprint density at radius 1 is 0.640 bits per heavy atom. The Bertz CT molecular complexity index is 756.